The van der Waals surface area contributed by atoms with Gasteiger partial charge in [0.15, 0.2) is 0 Å². The number of piperidine rings is 1. The molecule has 0 aromatic heterocycles. The summed E-state index contributed by atoms with van der Waals surface area (Å²) in [6.07, 6.45) is 0.912. The Balaban J connectivity index is 1.68. The Morgan fingerprint density at radius 2 is 1.73 bits per heavy atom. The molecule has 2 aliphatic heterocycles. The summed E-state index contributed by atoms with van der Waals surface area (Å²) in [5.74, 6) is 0.137. The lowest BCUT2D eigenvalue weighted by molar-refractivity contribution is -0.134. The third-order valence-electron chi connectivity index (χ3n) is 5.62. The predicted molar refractivity (Wildman–Crippen MR) is 99.0 cm³/mol. The van der Waals surface area contributed by atoms with Crippen LogP contribution in [0.5, 0.6) is 0 Å². The Labute approximate surface area is 153 Å². The number of nitrogens with zero attached hydrogens (tertiary/aromatic N) is 3. The second-order valence-electron chi connectivity index (χ2n) is 7.40. The fraction of sp³-hybridized carbons (Fsp3) is 0.526. The number of likely N-dealkylation sites (tertiary alicyclic amines) is 1. The Hall–Kier alpha value is -2.57. The summed E-state index contributed by atoms with van der Waals surface area (Å²) in [6.45, 7) is 5.05. The van der Waals surface area contributed by atoms with E-state index in [2.05, 4.69) is 19.2 Å². The van der Waals surface area contributed by atoms with E-state index in [1.165, 1.54) is 16.8 Å². The number of nitrogens with one attached hydrogen (secondary N) is 1. The van der Waals surface area contributed by atoms with E-state index in [9.17, 15) is 14.4 Å². The molecule has 0 aliphatic carbocycles. The number of urea groups is 2. The number of likely N-dealkylation sites (N-methyl/N-ethyl adjacent to an activating group) is 2. The first-order valence-electron chi connectivity index (χ1n) is 8.99. The normalized spacial score (nSPS) is 19.7. The van der Waals surface area contributed by atoms with Gasteiger partial charge in [-0.1, -0.05) is 32.0 Å². The number of hydrogen-bond acceptors (Lipinski definition) is 3. The van der Waals surface area contributed by atoms with Crippen LogP contribution in [0.15, 0.2) is 24.3 Å². The van der Waals surface area contributed by atoms with E-state index in [1.807, 2.05) is 24.3 Å². The van der Waals surface area contributed by atoms with Gasteiger partial charge in [-0.05, 0) is 30.4 Å². The molecular weight excluding hydrogens is 332 g/mol. The smallest absolute Gasteiger partial charge is 0.324 e. The summed E-state index contributed by atoms with van der Waals surface area (Å²) in [6, 6.07) is 7.34. The molecule has 1 N–H and O–H groups in total. The van der Waals surface area contributed by atoms with Crippen molar-refractivity contribution in [3.8, 4) is 0 Å². The van der Waals surface area contributed by atoms with Gasteiger partial charge in [0, 0.05) is 32.9 Å². The molecule has 7 nitrogen and oxygen atoms in total. The van der Waals surface area contributed by atoms with Crippen LogP contribution in [0.1, 0.15) is 38.2 Å². The molecule has 0 saturated carbocycles. The second-order valence-corrected chi connectivity index (χ2v) is 7.40. The summed E-state index contributed by atoms with van der Waals surface area (Å²) in [5.41, 5.74) is 1.10. The van der Waals surface area contributed by atoms with Gasteiger partial charge >= 0.3 is 12.1 Å². The predicted octanol–water partition coefficient (Wildman–Crippen LogP) is 2.70. The van der Waals surface area contributed by atoms with Crippen LogP contribution >= 0.6 is 0 Å². The van der Waals surface area contributed by atoms with E-state index < -0.39 is 5.54 Å². The van der Waals surface area contributed by atoms with Crippen LogP contribution in [0.4, 0.5) is 15.3 Å². The number of carbonyl (C=O) groups is 3. The maximum absolute atomic E-state index is 12.7. The average Bonchev–Trinajstić information content (AvgIpc) is 2.79. The third-order valence-corrected chi connectivity index (χ3v) is 5.62. The molecule has 7 heteroatoms. The van der Waals surface area contributed by atoms with E-state index in [4.69, 9.17) is 0 Å². The largest absolute Gasteiger partial charge is 0.327 e. The van der Waals surface area contributed by atoms with Gasteiger partial charge < -0.3 is 15.1 Å². The number of anilines is 1. The summed E-state index contributed by atoms with van der Waals surface area (Å²) in [7, 11) is 3.18. The number of rotatable bonds is 2. The minimum atomic E-state index is -0.807. The van der Waals surface area contributed by atoms with E-state index in [1.54, 1.807) is 11.9 Å². The van der Waals surface area contributed by atoms with Crippen molar-refractivity contribution in [3.63, 3.8) is 0 Å². The van der Waals surface area contributed by atoms with Gasteiger partial charge in [0.1, 0.15) is 5.54 Å². The first-order valence-corrected chi connectivity index (χ1v) is 8.99. The highest BCUT2D eigenvalue weighted by Crippen LogP contribution is 2.35. The number of para-hydroxylation sites is 1. The van der Waals surface area contributed by atoms with Gasteiger partial charge in [-0.2, -0.15) is 0 Å². The maximum atomic E-state index is 12.7. The molecular formula is C19H26N4O3. The first kappa shape index (κ1) is 18.2. The van der Waals surface area contributed by atoms with Crippen LogP contribution in [0, 0.1) is 0 Å². The second kappa shape index (κ2) is 6.63. The highest BCUT2D eigenvalue weighted by molar-refractivity contribution is 6.06. The van der Waals surface area contributed by atoms with Crippen molar-refractivity contribution in [1.29, 1.82) is 0 Å². The van der Waals surface area contributed by atoms with Crippen LogP contribution in [0.3, 0.4) is 0 Å². The number of imide groups is 1. The summed E-state index contributed by atoms with van der Waals surface area (Å²) in [5, 5.41) is 2.99. The zero-order valence-electron chi connectivity index (χ0n) is 15.8. The number of amides is 5. The maximum Gasteiger partial charge on any atom is 0.327 e. The Morgan fingerprint density at radius 3 is 2.27 bits per heavy atom. The Kier molecular flexibility index (Phi) is 4.64. The van der Waals surface area contributed by atoms with Crippen LogP contribution < -0.4 is 5.32 Å². The molecule has 1 spiro atoms. The van der Waals surface area contributed by atoms with Gasteiger partial charge in [0.2, 0.25) is 0 Å². The Morgan fingerprint density at radius 1 is 1.12 bits per heavy atom. The molecule has 140 valence electrons. The molecule has 2 aliphatic rings. The van der Waals surface area contributed by atoms with Crippen molar-refractivity contribution in [2.75, 3.05) is 32.5 Å². The zero-order valence-corrected chi connectivity index (χ0v) is 15.8. The van der Waals surface area contributed by atoms with Gasteiger partial charge in [0.25, 0.3) is 5.91 Å². The molecule has 1 aromatic carbocycles. The molecule has 3 rings (SSSR count). The van der Waals surface area contributed by atoms with Gasteiger partial charge in [0.05, 0.1) is 0 Å². The quantitative estimate of drug-likeness (QED) is 0.826. The highest BCUT2D eigenvalue weighted by atomic mass is 16.2. The van der Waals surface area contributed by atoms with Gasteiger partial charge in [-0.25, -0.2) is 9.59 Å². The molecule has 0 bridgehead atoms. The van der Waals surface area contributed by atoms with Gasteiger partial charge in [-0.3, -0.25) is 9.69 Å². The van der Waals surface area contributed by atoms with Crippen molar-refractivity contribution in [1.82, 2.24) is 14.7 Å². The topological polar surface area (TPSA) is 73.0 Å². The fourth-order valence-electron chi connectivity index (χ4n) is 3.89. The molecule has 2 saturated heterocycles. The summed E-state index contributed by atoms with van der Waals surface area (Å²) >= 11 is 0. The molecule has 0 atom stereocenters. The number of benzene rings is 1. The van der Waals surface area contributed by atoms with E-state index in [-0.39, 0.29) is 18.0 Å². The van der Waals surface area contributed by atoms with Crippen LogP contribution in [-0.2, 0) is 4.79 Å². The lowest BCUT2D eigenvalue weighted by atomic mass is 9.86. The highest BCUT2D eigenvalue weighted by Gasteiger charge is 2.55. The number of hydrogen-bond donors (Lipinski definition) is 1. The minimum absolute atomic E-state index is 0.166. The summed E-state index contributed by atoms with van der Waals surface area (Å²) in [4.78, 5) is 41.7. The molecule has 0 radical (unpaired) electrons. The van der Waals surface area contributed by atoms with E-state index >= 15 is 0 Å². The number of carbonyl (C=O) groups excluding carboxylic acids is 3. The Bertz CT molecular complexity index is 738. The minimum Gasteiger partial charge on any atom is -0.324 e. The lowest BCUT2D eigenvalue weighted by Crippen LogP contribution is -2.56. The fourth-order valence-corrected chi connectivity index (χ4v) is 3.89. The van der Waals surface area contributed by atoms with Crippen molar-refractivity contribution < 1.29 is 14.4 Å². The SMILES string of the molecule is CC(C)c1ccccc1NC(=O)N1CCC2(CC1)C(=O)N(C)C(=O)N2C. The van der Waals surface area contributed by atoms with Crippen LogP contribution in [-0.4, -0.2) is 65.4 Å². The van der Waals surface area contributed by atoms with E-state index in [0.717, 1.165) is 11.3 Å². The molecule has 2 fully saturated rings. The zero-order chi connectivity index (χ0) is 19.1. The lowest BCUT2D eigenvalue weighted by Gasteiger charge is -2.40. The third kappa shape index (κ3) is 2.81. The van der Waals surface area contributed by atoms with Crippen LogP contribution in [0.2, 0.25) is 0 Å². The van der Waals surface area contributed by atoms with Crippen molar-refractivity contribution in [2.45, 2.75) is 38.1 Å². The van der Waals surface area contributed by atoms with Gasteiger partial charge in [-0.15, -0.1) is 0 Å². The van der Waals surface area contributed by atoms with Crippen molar-refractivity contribution in [2.24, 2.45) is 0 Å². The van der Waals surface area contributed by atoms with Crippen molar-refractivity contribution in [3.05, 3.63) is 29.8 Å². The molecule has 0 unspecified atom stereocenters. The molecule has 26 heavy (non-hydrogen) atoms. The monoisotopic (exact) mass is 358 g/mol. The standard InChI is InChI=1S/C19H26N4O3/c1-13(2)14-7-5-6-8-15(14)20-17(25)23-11-9-19(10-12-23)16(24)21(3)18(26)22(19)4/h5-8,13H,9-12H2,1-4H3,(H,20,25). The molecule has 1 aromatic rings. The first-order chi connectivity index (χ1) is 12.3. The van der Waals surface area contributed by atoms with Crippen molar-refractivity contribution >= 4 is 23.7 Å². The van der Waals surface area contributed by atoms with E-state index in [0.29, 0.717) is 31.8 Å². The summed E-state index contributed by atoms with van der Waals surface area (Å²) < 4.78 is 0. The van der Waals surface area contributed by atoms with Crippen LogP contribution in [0.25, 0.3) is 0 Å². The molecule has 5 amide bonds. The average molecular weight is 358 g/mol. The molecule has 2 heterocycles.